The lowest BCUT2D eigenvalue weighted by molar-refractivity contribution is -0.0553. The molecule has 20 heavy (non-hydrogen) atoms. The Labute approximate surface area is 125 Å². The maximum Gasteiger partial charge on any atom is 0.137 e. The van der Waals surface area contributed by atoms with Crippen LogP contribution in [-0.2, 0) is 4.74 Å². The summed E-state index contributed by atoms with van der Waals surface area (Å²) < 4.78 is 5.76. The van der Waals surface area contributed by atoms with Crippen LogP contribution in [0.25, 0.3) is 0 Å². The second-order valence-electron chi connectivity index (χ2n) is 6.56. The van der Waals surface area contributed by atoms with Gasteiger partial charge >= 0.3 is 0 Å². The van der Waals surface area contributed by atoms with Crippen molar-refractivity contribution in [1.29, 1.82) is 0 Å². The van der Waals surface area contributed by atoms with Crippen LogP contribution in [0.2, 0.25) is 5.15 Å². The number of halogens is 1. The molecule has 0 radical (unpaired) electrons. The molecule has 2 heterocycles. The highest BCUT2D eigenvalue weighted by Crippen LogP contribution is 2.39. The summed E-state index contributed by atoms with van der Waals surface area (Å²) in [6.45, 7) is 7.04. The number of anilines is 1. The monoisotopic (exact) mass is 295 g/mol. The van der Waals surface area contributed by atoms with Crippen LogP contribution < -0.4 is 5.32 Å². The minimum Gasteiger partial charge on any atom is -0.375 e. The van der Waals surface area contributed by atoms with Gasteiger partial charge in [-0.15, -0.1) is 0 Å². The largest absolute Gasteiger partial charge is 0.375 e. The molecule has 2 fully saturated rings. The Balaban J connectivity index is 1.79. The summed E-state index contributed by atoms with van der Waals surface area (Å²) >= 11 is 6.25. The van der Waals surface area contributed by atoms with Gasteiger partial charge in [-0.05, 0) is 46.5 Å². The molecule has 1 N–H and O–H groups in total. The number of nitrogens with zero attached hydrogens (tertiary/aromatic N) is 2. The van der Waals surface area contributed by atoms with Crippen molar-refractivity contribution >= 4 is 17.4 Å². The minimum absolute atomic E-state index is 0.0695. The Morgan fingerprint density at radius 2 is 2.00 bits per heavy atom. The highest BCUT2D eigenvalue weighted by molar-refractivity contribution is 6.30. The Hall–Kier alpha value is -0.870. The van der Waals surface area contributed by atoms with Gasteiger partial charge in [0, 0.05) is 24.1 Å². The molecular formula is C15H22ClN3O. The molecule has 0 bridgehead atoms. The van der Waals surface area contributed by atoms with Crippen LogP contribution in [0.3, 0.4) is 0 Å². The first-order chi connectivity index (χ1) is 9.44. The van der Waals surface area contributed by atoms with E-state index in [0.29, 0.717) is 17.1 Å². The number of hydrogen-bond donors (Lipinski definition) is 1. The van der Waals surface area contributed by atoms with Gasteiger partial charge in [-0.25, -0.2) is 9.97 Å². The van der Waals surface area contributed by atoms with Crippen LogP contribution in [0, 0.1) is 6.92 Å². The van der Waals surface area contributed by atoms with Crippen LogP contribution in [0.4, 0.5) is 5.82 Å². The highest BCUT2D eigenvalue weighted by atomic mass is 35.5. The first-order valence-corrected chi connectivity index (χ1v) is 7.77. The quantitative estimate of drug-likeness (QED) is 0.864. The summed E-state index contributed by atoms with van der Waals surface area (Å²) in [7, 11) is 0. The van der Waals surface area contributed by atoms with Crippen LogP contribution in [0.5, 0.6) is 0 Å². The molecule has 1 aliphatic carbocycles. The van der Waals surface area contributed by atoms with E-state index in [4.69, 9.17) is 16.3 Å². The third-order valence-electron chi connectivity index (χ3n) is 4.08. The Morgan fingerprint density at radius 1 is 1.25 bits per heavy atom. The normalized spacial score (nSPS) is 25.5. The molecule has 2 aliphatic rings. The molecule has 4 nitrogen and oxygen atoms in total. The van der Waals surface area contributed by atoms with Crippen molar-refractivity contribution < 1.29 is 4.74 Å². The standard InChI is InChI=1S/C15H22ClN3O/c1-9-12(16)18-14(10-4-5-10)19-13(9)17-11-6-7-20-15(2,3)8-11/h10-11H,4-8H2,1-3H3,(H,17,18,19). The number of rotatable bonds is 3. The van der Waals surface area contributed by atoms with Crippen LogP contribution >= 0.6 is 11.6 Å². The molecule has 0 amide bonds. The van der Waals surface area contributed by atoms with Crippen LogP contribution in [0.15, 0.2) is 0 Å². The molecule has 1 saturated carbocycles. The zero-order chi connectivity index (χ0) is 14.3. The second kappa shape index (κ2) is 5.15. The van der Waals surface area contributed by atoms with E-state index in [-0.39, 0.29) is 5.60 Å². The summed E-state index contributed by atoms with van der Waals surface area (Å²) in [5.74, 6) is 2.31. The van der Waals surface area contributed by atoms with E-state index < -0.39 is 0 Å². The van der Waals surface area contributed by atoms with Crippen LogP contribution in [0.1, 0.15) is 56.8 Å². The summed E-state index contributed by atoms with van der Waals surface area (Å²) in [5.41, 5.74) is 0.875. The zero-order valence-corrected chi connectivity index (χ0v) is 13.1. The fraction of sp³-hybridized carbons (Fsp3) is 0.733. The molecule has 3 rings (SSSR count). The number of aromatic nitrogens is 2. The van der Waals surface area contributed by atoms with Crippen molar-refractivity contribution in [2.75, 3.05) is 11.9 Å². The molecule has 5 heteroatoms. The van der Waals surface area contributed by atoms with E-state index in [0.717, 1.165) is 36.7 Å². The van der Waals surface area contributed by atoms with Crippen LogP contribution in [-0.4, -0.2) is 28.2 Å². The number of ether oxygens (including phenoxy) is 1. The average molecular weight is 296 g/mol. The maximum absolute atomic E-state index is 6.25. The molecule has 110 valence electrons. The highest BCUT2D eigenvalue weighted by Gasteiger charge is 2.31. The van der Waals surface area contributed by atoms with E-state index in [9.17, 15) is 0 Å². The summed E-state index contributed by atoms with van der Waals surface area (Å²) in [4.78, 5) is 9.10. The van der Waals surface area contributed by atoms with Crippen molar-refractivity contribution in [2.45, 2.75) is 64.0 Å². The van der Waals surface area contributed by atoms with E-state index in [1.807, 2.05) is 6.92 Å². The minimum atomic E-state index is -0.0695. The van der Waals surface area contributed by atoms with Crippen molar-refractivity contribution in [3.8, 4) is 0 Å². The molecule has 1 unspecified atom stereocenters. The van der Waals surface area contributed by atoms with Gasteiger partial charge in [0.05, 0.1) is 5.60 Å². The predicted octanol–water partition coefficient (Wildman–Crippen LogP) is 3.69. The lowest BCUT2D eigenvalue weighted by Crippen LogP contribution is -2.40. The van der Waals surface area contributed by atoms with Crippen molar-refractivity contribution in [2.24, 2.45) is 0 Å². The SMILES string of the molecule is Cc1c(Cl)nc(C2CC2)nc1NC1CCOC(C)(C)C1. The summed E-state index contributed by atoms with van der Waals surface area (Å²) in [6, 6.07) is 0.385. The lowest BCUT2D eigenvalue weighted by atomic mass is 9.94. The third kappa shape index (κ3) is 3.07. The fourth-order valence-corrected chi connectivity index (χ4v) is 2.89. The van der Waals surface area contributed by atoms with E-state index in [2.05, 4.69) is 29.1 Å². The number of hydrogen-bond acceptors (Lipinski definition) is 4. The summed E-state index contributed by atoms with van der Waals surface area (Å²) in [5, 5.41) is 4.13. The van der Waals surface area contributed by atoms with Gasteiger partial charge < -0.3 is 10.1 Å². The molecule has 1 saturated heterocycles. The fourth-order valence-electron chi connectivity index (χ4n) is 2.72. The van der Waals surface area contributed by atoms with Crippen molar-refractivity contribution in [3.05, 3.63) is 16.5 Å². The topological polar surface area (TPSA) is 47.0 Å². The van der Waals surface area contributed by atoms with E-state index >= 15 is 0 Å². The van der Waals surface area contributed by atoms with Gasteiger partial charge in [-0.1, -0.05) is 11.6 Å². The maximum atomic E-state index is 6.25. The van der Waals surface area contributed by atoms with Gasteiger partial charge in [0.25, 0.3) is 0 Å². The van der Waals surface area contributed by atoms with Crippen molar-refractivity contribution in [3.63, 3.8) is 0 Å². The molecule has 1 aromatic heterocycles. The van der Waals surface area contributed by atoms with Gasteiger partial charge in [-0.3, -0.25) is 0 Å². The molecular weight excluding hydrogens is 274 g/mol. The van der Waals surface area contributed by atoms with Gasteiger partial charge in [0.15, 0.2) is 0 Å². The van der Waals surface area contributed by atoms with E-state index in [1.54, 1.807) is 0 Å². The van der Waals surface area contributed by atoms with Gasteiger partial charge in [0.2, 0.25) is 0 Å². The molecule has 0 aromatic carbocycles. The molecule has 0 spiro atoms. The van der Waals surface area contributed by atoms with Crippen molar-refractivity contribution in [1.82, 2.24) is 9.97 Å². The second-order valence-corrected chi connectivity index (χ2v) is 6.92. The third-order valence-corrected chi connectivity index (χ3v) is 4.45. The Kier molecular flexibility index (Phi) is 3.63. The Morgan fingerprint density at radius 3 is 2.65 bits per heavy atom. The van der Waals surface area contributed by atoms with Gasteiger partial charge in [-0.2, -0.15) is 0 Å². The smallest absolute Gasteiger partial charge is 0.137 e. The lowest BCUT2D eigenvalue weighted by Gasteiger charge is -2.36. The molecule has 1 atom stereocenters. The molecule has 1 aliphatic heterocycles. The zero-order valence-electron chi connectivity index (χ0n) is 12.4. The average Bonchev–Trinajstić information content (AvgIpc) is 3.17. The Bertz CT molecular complexity index is 514. The number of nitrogens with one attached hydrogen (secondary N) is 1. The van der Waals surface area contributed by atoms with Gasteiger partial charge in [0.1, 0.15) is 16.8 Å². The first-order valence-electron chi connectivity index (χ1n) is 7.39. The molecule has 1 aromatic rings. The van der Waals surface area contributed by atoms with E-state index in [1.165, 1.54) is 12.8 Å². The first kappa shape index (κ1) is 14.1. The predicted molar refractivity (Wildman–Crippen MR) is 80.4 cm³/mol. The summed E-state index contributed by atoms with van der Waals surface area (Å²) in [6.07, 6.45) is 4.35.